The molecular formula is C22H31N3O2. The highest BCUT2D eigenvalue weighted by Crippen LogP contribution is 2.38. The lowest BCUT2D eigenvalue weighted by molar-refractivity contribution is -0.141. The van der Waals surface area contributed by atoms with Crippen molar-refractivity contribution in [1.29, 1.82) is 0 Å². The van der Waals surface area contributed by atoms with E-state index in [1.165, 1.54) is 12.0 Å². The maximum Gasteiger partial charge on any atom is 0.239 e. The molecule has 0 aliphatic carbocycles. The summed E-state index contributed by atoms with van der Waals surface area (Å²) in [5, 5.41) is 3.46. The van der Waals surface area contributed by atoms with E-state index in [9.17, 15) is 9.59 Å². The molecule has 146 valence electrons. The minimum Gasteiger partial charge on any atom is -0.342 e. The number of amides is 2. The molecule has 0 bridgehead atoms. The van der Waals surface area contributed by atoms with E-state index in [2.05, 4.69) is 31.3 Å². The van der Waals surface area contributed by atoms with Crippen LogP contribution in [0.4, 0.5) is 5.69 Å². The number of likely N-dealkylation sites (tertiary alicyclic amines) is 1. The van der Waals surface area contributed by atoms with E-state index in [0.717, 1.165) is 44.7 Å². The van der Waals surface area contributed by atoms with Crippen molar-refractivity contribution < 1.29 is 9.59 Å². The highest BCUT2D eigenvalue weighted by atomic mass is 16.2. The first kappa shape index (κ1) is 18.5. The van der Waals surface area contributed by atoms with Gasteiger partial charge in [-0.1, -0.05) is 26.0 Å². The van der Waals surface area contributed by atoms with Gasteiger partial charge in [0.25, 0.3) is 0 Å². The van der Waals surface area contributed by atoms with Crippen molar-refractivity contribution in [2.75, 3.05) is 37.6 Å². The van der Waals surface area contributed by atoms with Crippen molar-refractivity contribution >= 4 is 17.5 Å². The summed E-state index contributed by atoms with van der Waals surface area (Å²) in [7, 11) is 0. The number of piperidine rings is 1. The molecule has 1 N–H and O–H groups in total. The Labute approximate surface area is 162 Å². The van der Waals surface area contributed by atoms with Crippen molar-refractivity contribution in [2.45, 2.75) is 45.4 Å². The van der Waals surface area contributed by atoms with Crippen molar-refractivity contribution in [2.24, 2.45) is 11.3 Å². The normalized spacial score (nSPS) is 25.0. The Morgan fingerprint density at radius 3 is 2.41 bits per heavy atom. The summed E-state index contributed by atoms with van der Waals surface area (Å²) >= 11 is 0. The number of rotatable bonds is 3. The molecule has 1 aromatic rings. The van der Waals surface area contributed by atoms with Crippen LogP contribution < -0.4 is 10.2 Å². The minimum atomic E-state index is -0.495. The van der Waals surface area contributed by atoms with E-state index in [0.29, 0.717) is 24.3 Å². The van der Waals surface area contributed by atoms with E-state index in [-0.39, 0.29) is 11.8 Å². The van der Waals surface area contributed by atoms with Gasteiger partial charge in [-0.15, -0.1) is 0 Å². The second-order valence-electron chi connectivity index (χ2n) is 8.83. The van der Waals surface area contributed by atoms with Crippen LogP contribution in [0.2, 0.25) is 0 Å². The highest BCUT2D eigenvalue weighted by Gasteiger charge is 2.43. The molecule has 4 rings (SSSR count). The molecule has 2 amide bonds. The predicted octanol–water partition coefficient (Wildman–Crippen LogP) is 2.77. The zero-order valence-corrected chi connectivity index (χ0v) is 16.5. The molecule has 3 heterocycles. The number of benzene rings is 1. The molecule has 1 atom stereocenters. The fraction of sp³-hybridized carbons (Fsp3) is 0.636. The number of nitrogens with one attached hydrogen (secondary N) is 1. The van der Waals surface area contributed by atoms with Gasteiger partial charge in [0.1, 0.15) is 5.92 Å². The molecule has 0 saturated carbocycles. The topological polar surface area (TPSA) is 52.7 Å². The maximum atomic E-state index is 13.0. The van der Waals surface area contributed by atoms with Gasteiger partial charge in [-0.2, -0.15) is 0 Å². The van der Waals surface area contributed by atoms with Gasteiger partial charge in [0, 0.05) is 31.9 Å². The monoisotopic (exact) mass is 369 g/mol. The largest absolute Gasteiger partial charge is 0.342 e. The van der Waals surface area contributed by atoms with Crippen LogP contribution in [0.1, 0.15) is 51.0 Å². The van der Waals surface area contributed by atoms with Crippen molar-refractivity contribution in [3.63, 3.8) is 0 Å². The zero-order chi connectivity index (χ0) is 19.0. The van der Waals surface area contributed by atoms with Gasteiger partial charge in [-0.3, -0.25) is 9.59 Å². The number of anilines is 1. The lowest BCUT2D eigenvalue weighted by Crippen LogP contribution is -2.47. The molecular weight excluding hydrogens is 338 g/mol. The Kier molecular flexibility index (Phi) is 4.97. The Balaban J connectivity index is 1.39. The molecule has 0 radical (unpaired) electrons. The zero-order valence-electron chi connectivity index (χ0n) is 16.5. The molecule has 3 aliphatic heterocycles. The van der Waals surface area contributed by atoms with Crippen molar-refractivity contribution in [3.05, 3.63) is 29.8 Å². The summed E-state index contributed by atoms with van der Waals surface area (Å²) in [5.41, 5.74) is 2.57. The summed E-state index contributed by atoms with van der Waals surface area (Å²) in [6.45, 7) is 8.74. The van der Waals surface area contributed by atoms with Crippen LogP contribution in [-0.2, 0) is 9.59 Å². The predicted molar refractivity (Wildman–Crippen MR) is 107 cm³/mol. The third-order valence-corrected chi connectivity index (χ3v) is 6.84. The van der Waals surface area contributed by atoms with E-state index in [1.807, 2.05) is 17.0 Å². The molecule has 1 unspecified atom stereocenters. The van der Waals surface area contributed by atoms with Crippen LogP contribution in [0.5, 0.6) is 0 Å². The first-order valence-electron chi connectivity index (χ1n) is 10.4. The van der Waals surface area contributed by atoms with Crippen molar-refractivity contribution in [3.8, 4) is 0 Å². The molecule has 5 heteroatoms. The molecule has 1 spiro atoms. The Bertz CT molecular complexity index is 697. The second-order valence-corrected chi connectivity index (χ2v) is 8.83. The molecule has 3 fully saturated rings. The van der Waals surface area contributed by atoms with Gasteiger partial charge in [-0.05, 0) is 61.3 Å². The van der Waals surface area contributed by atoms with Gasteiger partial charge in [0.15, 0.2) is 0 Å². The molecule has 5 nitrogen and oxygen atoms in total. The Morgan fingerprint density at radius 2 is 1.81 bits per heavy atom. The van der Waals surface area contributed by atoms with Gasteiger partial charge in [-0.25, -0.2) is 0 Å². The average Bonchev–Trinajstić information content (AvgIpc) is 3.29. The molecule has 27 heavy (non-hydrogen) atoms. The minimum absolute atomic E-state index is 0.0277. The highest BCUT2D eigenvalue weighted by molar-refractivity contribution is 6.09. The number of hydrogen-bond acceptors (Lipinski definition) is 3. The Morgan fingerprint density at radius 1 is 1.11 bits per heavy atom. The number of carbonyl (C=O) groups excluding carboxylic acids is 2. The van der Waals surface area contributed by atoms with Gasteiger partial charge >= 0.3 is 0 Å². The smallest absolute Gasteiger partial charge is 0.239 e. The molecule has 1 aromatic carbocycles. The summed E-state index contributed by atoms with van der Waals surface area (Å²) < 4.78 is 0. The summed E-state index contributed by atoms with van der Waals surface area (Å²) in [4.78, 5) is 29.7. The molecule has 0 aromatic heterocycles. The van der Waals surface area contributed by atoms with E-state index < -0.39 is 5.92 Å². The average molecular weight is 370 g/mol. The number of hydrogen-bond donors (Lipinski definition) is 1. The van der Waals surface area contributed by atoms with E-state index in [4.69, 9.17) is 0 Å². The summed E-state index contributed by atoms with van der Waals surface area (Å²) in [6.07, 6.45) is 3.98. The van der Waals surface area contributed by atoms with Crippen LogP contribution in [0.25, 0.3) is 0 Å². The van der Waals surface area contributed by atoms with Crippen LogP contribution in [0, 0.1) is 11.3 Å². The quantitative estimate of drug-likeness (QED) is 0.834. The third-order valence-electron chi connectivity index (χ3n) is 6.84. The second kappa shape index (κ2) is 7.27. The first-order valence-corrected chi connectivity index (χ1v) is 10.4. The van der Waals surface area contributed by atoms with Crippen LogP contribution in [-0.4, -0.2) is 49.4 Å². The number of nitrogens with zero attached hydrogens (tertiary/aromatic N) is 2. The lowest BCUT2D eigenvalue weighted by atomic mass is 9.77. The van der Waals surface area contributed by atoms with Crippen LogP contribution >= 0.6 is 0 Å². The SMILES string of the molecule is CC(C)c1ccc(N2CCC(C(=O)N3CCC4(CCNC4)CC3)C2=O)cc1. The molecule has 3 saturated heterocycles. The third kappa shape index (κ3) is 3.49. The molecule has 3 aliphatic rings. The first-order chi connectivity index (χ1) is 13.0. The van der Waals surface area contributed by atoms with Gasteiger partial charge in [0.05, 0.1) is 0 Å². The van der Waals surface area contributed by atoms with Gasteiger partial charge < -0.3 is 15.1 Å². The van der Waals surface area contributed by atoms with Gasteiger partial charge in [0.2, 0.25) is 11.8 Å². The van der Waals surface area contributed by atoms with E-state index in [1.54, 1.807) is 4.90 Å². The fourth-order valence-electron chi connectivity index (χ4n) is 4.85. The van der Waals surface area contributed by atoms with Crippen LogP contribution in [0.15, 0.2) is 24.3 Å². The van der Waals surface area contributed by atoms with Crippen molar-refractivity contribution in [1.82, 2.24) is 10.2 Å². The fourth-order valence-corrected chi connectivity index (χ4v) is 4.85. The lowest BCUT2D eigenvalue weighted by Gasteiger charge is -2.39. The standard InChI is InChI=1S/C22H31N3O2/c1-16(2)17-3-5-18(6-4-17)25-12-7-19(21(25)27)20(26)24-13-9-22(10-14-24)8-11-23-15-22/h3-6,16,19,23H,7-15H2,1-2H3. The summed E-state index contributed by atoms with van der Waals surface area (Å²) in [6, 6.07) is 8.19. The van der Waals surface area contributed by atoms with Crippen LogP contribution in [0.3, 0.4) is 0 Å². The van der Waals surface area contributed by atoms with E-state index >= 15 is 0 Å². The summed E-state index contributed by atoms with van der Waals surface area (Å²) in [5.74, 6) is -0.00660. The maximum absolute atomic E-state index is 13.0. The Hall–Kier alpha value is -1.88. The number of carbonyl (C=O) groups is 2.